The molecule has 2 heterocycles. The van der Waals surface area contributed by atoms with Gasteiger partial charge in [0, 0.05) is 20.4 Å². The molecule has 162 valence electrons. The van der Waals surface area contributed by atoms with Gasteiger partial charge in [0.1, 0.15) is 12.8 Å². The van der Waals surface area contributed by atoms with Crippen molar-refractivity contribution in [2.24, 2.45) is 5.73 Å². The van der Waals surface area contributed by atoms with Gasteiger partial charge in [-0.25, -0.2) is 4.79 Å². The second kappa shape index (κ2) is 16.8. The predicted molar refractivity (Wildman–Crippen MR) is 102 cm³/mol. The van der Waals surface area contributed by atoms with Crippen LogP contribution in [0, 0.1) is 0 Å². The number of hydrogen-bond donors (Lipinski definition) is 4. The van der Waals surface area contributed by atoms with Crippen molar-refractivity contribution in [3.63, 3.8) is 0 Å². The van der Waals surface area contributed by atoms with E-state index in [2.05, 4.69) is 13.8 Å². The van der Waals surface area contributed by atoms with Gasteiger partial charge in [0.25, 0.3) is 5.56 Å². The first kappa shape index (κ1) is 27.9. The Hall–Kier alpha value is -2.34. The maximum Gasteiger partial charge on any atom is 0.330 e. The normalized spacial score (nSPS) is 17.0. The summed E-state index contributed by atoms with van der Waals surface area (Å²) in [6.45, 7) is 4.09. The first-order chi connectivity index (χ1) is 13.5. The molecule has 1 fully saturated rings. The number of carbonyl (C=O) groups excluding carboxylic acids is 2. The average molecular weight is 405 g/mol. The number of carbonyl (C=O) groups is 2. The number of esters is 1. The largest absolute Gasteiger partial charge is 0.462 e. The lowest BCUT2D eigenvalue weighted by atomic mass is 10.2. The summed E-state index contributed by atoms with van der Waals surface area (Å²) in [6, 6.07) is 0. The molecule has 0 aromatic carbocycles. The molecule has 11 heteroatoms. The van der Waals surface area contributed by atoms with Gasteiger partial charge in [0.05, 0.1) is 18.2 Å². The fraction of sp³-hybridized carbons (Fsp3) is 0.647. The van der Waals surface area contributed by atoms with Crippen LogP contribution >= 0.6 is 0 Å². The molecule has 5 N–H and O–H groups in total. The van der Waals surface area contributed by atoms with Gasteiger partial charge in [0.2, 0.25) is 0 Å². The number of nitrogens with two attached hydrogens (primary N) is 1. The van der Waals surface area contributed by atoms with Crippen LogP contribution in [0.25, 0.3) is 0 Å². The zero-order chi connectivity index (χ0) is 22.1. The molecule has 1 aliphatic heterocycles. The summed E-state index contributed by atoms with van der Waals surface area (Å²) in [5.74, 6) is -0.536. The smallest absolute Gasteiger partial charge is 0.330 e. The van der Waals surface area contributed by atoms with Crippen molar-refractivity contribution in [1.82, 2.24) is 9.55 Å². The van der Waals surface area contributed by atoms with Crippen LogP contribution in [0.5, 0.6) is 0 Å². The summed E-state index contributed by atoms with van der Waals surface area (Å²) < 4.78 is 11.6. The van der Waals surface area contributed by atoms with Crippen LogP contribution < -0.4 is 17.0 Å². The third-order valence-electron chi connectivity index (χ3n) is 3.11. The minimum atomic E-state index is -0.738. The van der Waals surface area contributed by atoms with Crippen molar-refractivity contribution in [1.29, 1.82) is 0 Å². The molecule has 2 rings (SSSR count). The summed E-state index contributed by atoms with van der Waals surface area (Å²) in [7, 11) is 2.00. The fourth-order valence-electron chi connectivity index (χ4n) is 2.06. The molecule has 0 amide bonds. The summed E-state index contributed by atoms with van der Waals surface area (Å²) in [4.78, 5) is 46.8. The molecular formula is C17H31N3O8. The lowest BCUT2D eigenvalue weighted by Gasteiger charge is -2.15. The van der Waals surface area contributed by atoms with Crippen LogP contribution in [0.4, 0.5) is 0 Å². The summed E-state index contributed by atoms with van der Waals surface area (Å²) in [5.41, 5.74) is 3.56. The van der Waals surface area contributed by atoms with E-state index >= 15 is 0 Å². The minimum absolute atomic E-state index is 0.0468. The number of H-pyrrole nitrogens is 1. The second-order valence-corrected chi connectivity index (χ2v) is 5.25. The van der Waals surface area contributed by atoms with Gasteiger partial charge in [-0.2, -0.15) is 0 Å². The van der Waals surface area contributed by atoms with Crippen molar-refractivity contribution < 1.29 is 29.3 Å². The van der Waals surface area contributed by atoms with Crippen molar-refractivity contribution in [3.05, 3.63) is 32.6 Å². The van der Waals surface area contributed by atoms with Crippen molar-refractivity contribution >= 4 is 12.3 Å². The Balaban J connectivity index is 0. The Morgan fingerprint density at radius 3 is 2.39 bits per heavy atom. The molecule has 1 saturated heterocycles. The van der Waals surface area contributed by atoms with Crippen molar-refractivity contribution in [2.75, 3.05) is 27.4 Å². The van der Waals surface area contributed by atoms with Gasteiger partial charge in [-0.15, -0.1) is 0 Å². The van der Waals surface area contributed by atoms with Crippen LogP contribution in [0.1, 0.15) is 49.7 Å². The van der Waals surface area contributed by atoms with E-state index in [4.69, 9.17) is 25.4 Å². The molecule has 2 atom stereocenters. The number of nitrogens with one attached hydrogen (secondary N) is 1. The molecule has 0 aliphatic carbocycles. The molecule has 0 spiro atoms. The second-order valence-electron chi connectivity index (χ2n) is 5.25. The highest BCUT2D eigenvalue weighted by molar-refractivity contribution is 5.73. The van der Waals surface area contributed by atoms with Crippen molar-refractivity contribution in [2.45, 2.75) is 45.4 Å². The highest BCUT2D eigenvalue weighted by Gasteiger charge is 2.28. The molecule has 11 nitrogen and oxygen atoms in total. The average Bonchev–Trinajstić information content (AvgIpc) is 3.18. The quantitative estimate of drug-likeness (QED) is 0.360. The Morgan fingerprint density at radius 1 is 1.32 bits per heavy atom. The van der Waals surface area contributed by atoms with E-state index in [0.717, 1.165) is 25.0 Å². The zero-order valence-corrected chi connectivity index (χ0v) is 16.7. The Labute approximate surface area is 163 Å². The minimum Gasteiger partial charge on any atom is -0.462 e. The summed E-state index contributed by atoms with van der Waals surface area (Å²) >= 11 is 0. The van der Waals surface area contributed by atoms with E-state index in [9.17, 15) is 19.2 Å². The number of rotatable bonds is 5. The first-order valence-electron chi connectivity index (χ1n) is 8.67. The SMILES string of the molecule is CCC.CO.CO.NCC(=O)OCC1CCC(n2cc(C=O)c(=O)[nH]c2=O)O1. The Morgan fingerprint density at radius 2 is 1.89 bits per heavy atom. The number of hydrogen-bond acceptors (Lipinski definition) is 9. The topological polar surface area (TPSA) is 174 Å². The van der Waals surface area contributed by atoms with Crippen LogP contribution in [0.3, 0.4) is 0 Å². The predicted octanol–water partition coefficient (Wildman–Crippen LogP) is -0.838. The summed E-state index contributed by atoms with van der Waals surface area (Å²) in [5, 5.41) is 14.0. The van der Waals surface area contributed by atoms with E-state index in [1.54, 1.807) is 0 Å². The van der Waals surface area contributed by atoms with Crippen LogP contribution in [-0.2, 0) is 14.3 Å². The molecular weight excluding hydrogens is 374 g/mol. The van der Waals surface area contributed by atoms with Gasteiger partial charge in [-0.3, -0.25) is 23.9 Å². The molecule has 1 aliphatic rings. The van der Waals surface area contributed by atoms with Crippen LogP contribution in [-0.4, -0.2) is 65.5 Å². The van der Waals surface area contributed by atoms with Gasteiger partial charge in [-0.05, 0) is 12.8 Å². The van der Waals surface area contributed by atoms with E-state index in [1.165, 1.54) is 6.42 Å². The first-order valence-corrected chi connectivity index (χ1v) is 8.67. The zero-order valence-electron chi connectivity index (χ0n) is 16.7. The lowest BCUT2D eigenvalue weighted by Crippen LogP contribution is -2.34. The number of aromatic nitrogens is 2. The lowest BCUT2D eigenvalue weighted by molar-refractivity contribution is -0.146. The number of aliphatic hydroxyl groups excluding tert-OH is 2. The number of ether oxygens (including phenoxy) is 2. The van der Waals surface area contributed by atoms with E-state index in [-0.39, 0.29) is 24.8 Å². The molecule has 28 heavy (non-hydrogen) atoms. The third kappa shape index (κ3) is 9.55. The number of nitrogens with zero attached hydrogens (tertiary/aromatic N) is 1. The molecule has 1 aromatic rings. The molecule has 0 saturated carbocycles. The van der Waals surface area contributed by atoms with E-state index < -0.39 is 23.4 Å². The monoisotopic (exact) mass is 405 g/mol. The molecule has 1 aromatic heterocycles. The van der Waals surface area contributed by atoms with Crippen LogP contribution in [0.15, 0.2) is 15.8 Å². The highest BCUT2D eigenvalue weighted by Crippen LogP contribution is 2.27. The van der Waals surface area contributed by atoms with Gasteiger partial charge >= 0.3 is 11.7 Å². The number of aliphatic hydroxyl groups is 2. The summed E-state index contributed by atoms with van der Waals surface area (Å²) in [6.07, 6.45) is 2.87. The number of aromatic amines is 1. The Bertz CT molecular complexity index is 671. The third-order valence-corrected chi connectivity index (χ3v) is 3.11. The van der Waals surface area contributed by atoms with E-state index in [0.29, 0.717) is 19.1 Å². The number of aldehydes is 1. The van der Waals surface area contributed by atoms with Gasteiger partial charge < -0.3 is 25.4 Å². The van der Waals surface area contributed by atoms with E-state index in [1.807, 2.05) is 4.98 Å². The van der Waals surface area contributed by atoms with Crippen molar-refractivity contribution in [3.8, 4) is 0 Å². The maximum absolute atomic E-state index is 11.7. The standard InChI is InChI=1S/C12H15N3O6.C3H8.2CH4O/c13-3-10(17)20-6-8-1-2-9(21-8)15-4-7(5-16)11(18)14-12(15)19;1-3-2;2*1-2/h4-5,8-9H,1-3,6,13H2,(H,14,18,19);3H2,1-2H3;2*2H,1H3. The molecule has 0 bridgehead atoms. The maximum atomic E-state index is 11.7. The Kier molecular flexibility index (Phi) is 16.7. The highest BCUT2D eigenvalue weighted by atomic mass is 16.6. The molecule has 2 unspecified atom stereocenters. The molecule has 0 radical (unpaired) electrons. The fourth-order valence-corrected chi connectivity index (χ4v) is 2.06. The van der Waals surface area contributed by atoms with Gasteiger partial charge in [0.15, 0.2) is 6.29 Å². The van der Waals surface area contributed by atoms with Crippen LogP contribution in [0.2, 0.25) is 0 Å². The van der Waals surface area contributed by atoms with Gasteiger partial charge in [-0.1, -0.05) is 20.3 Å².